The lowest BCUT2D eigenvalue weighted by Crippen LogP contribution is -2.25. The molecule has 0 radical (unpaired) electrons. The summed E-state index contributed by atoms with van der Waals surface area (Å²) in [5.74, 6) is 1.63. The Bertz CT molecular complexity index is 364. The summed E-state index contributed by atoms with van der Waals surface area (Å²) in [4.78, 5) is 2.25. The third kappa shape index (κ3) is 2.45. The van der Waals surface area contributed by atoms with Gasteiger partial charge in [-0.05, 0) is 18.1 Å². The van der Waals surface area contributed by atoms with Crippen molar-refractivity contribution in [2.24, 2.45) is 5.92 Å². The molecule has 2 rings (SSSR count). The average Bonchev–Trinajstić information content (AvgIpc) is 2.29. The predicted molar refractivity (Wildman–Crippen MR) is 71.6 cm³/mol. The van der Waals surface area contributed by atoms with Crippen LogP contribution in [0.5, 0.6) is 5.75 Å². The van der Waals surface area contributed by atoms with Crippen LogP contribution in [0.25, 0.3) is 0 Å². The van der Waals surface area contributed by atoms with E-state index in [-0.39, 0.29) is 0 Å². The SMILES string of the molecule is CC(CI)CN1C=COc2ccccc21. The maximum Gasteiger partial charge on any atom is 0.150 e. The zero-order chi connectivity index (χ0) is 10.7. The minimum atomic E-state index is 0.682. The molecule has 0 fully saturated rings. The number of nitrogens with zero attached hydrogens (tertiary/aromatic N) is 1. The summed E-state index contributed by atoms with van der Waals surface area (Å²) in [6.45, 7) is 3.30. The molecule has 0 aliphatic carbocycles. The largest absolute Gasteiger partial charge is 0.461 e. The Morgan fingerprint density at radius 1 is 1.40 bits per heavy atom. The van der Waals surface area contributed by atoms with Crippen molar-refractivity contribution in [1.29, 1.82) is 0 Å². The zero-order valence-corrected chi connectivity index (χ0v) is 10.8. The second-order valence-corrected chi connectivity index (χ2v) is 4.66. The van der Waals surface area contributed by atoms with Gasteiger partial charge in [-0.15, -0.1) is 0 Å². The molecule has 3 heteroatoms. The van der Waals surface area contributed by atoms with Crippen molar-refractivity contribution >= 4 is 28.3 Å². The molecular weight excluding hydrogens is 301 g/mol. The van der Waals surface area contributed by atoms with Gasteiger partial charge in [0, 0.05) is 17.2 Å². The van der Waals surface area contributed by atoms with E-state index in [1.165, 1.54) is 4.43 Å². The van der Waals surface area contributed by atoms with Crippen LogP contribution < -0.4 is 9.64 Å². The second-order valence-electron chi connectivity index (χ2n) is 3.78. The van der Waals surface area contributed by atoms with Gasteiger partial charge in [-0.2, -0.15) is 0 Å². The summed E-state index contributed by atoms with van der Waals surface area (Å²) in [5.41, 5.74) is 1.16. The quantitative estimate of drug-likeness (QED) is 0.626. The number of alkyl halides is 1. The monoisotopic (exact) mass is 315 g/mol. The van der Waals surface area contributed by atoms with Crippen molar-refractivity contribution < 1.29 is 4.74 Å². The lowest BCUT2D eigenvalue weighted by Gasteiger charge is -2.27. The van der Waals surface area contributed by atoms with Gasteiger partial charge in [0.15, 0.2) is 0 Å². The van der Waals surface area contributed by atoms with Gasteiger partial charge >= 0.3 is 0 Å². The molecule has 2 nitrogen and oxygen atoms in total. The number of ether oxygens (including phenoxy) is 1. The summed E-state index contributed by atoms with van der Waals surface area (Å²) in [6, 6.07) is 8.14. The van der Waals surface area contributed by atoms with Gasteiger partial charge < -0.3 is 9.64 Å². The van der Waals surface area contributed by atoms with Crippen LogP contribution in [0.15, 0.2) is 36.7 Å². The van der Waals surface area contributed by atoms with E-state index in [2.05, 4.69) is 40.5 Å². The molecule has 0 saturated carbocycles. The van der Waals surface area contributed by atoms with Crippen molar-refractivity contribution in [1.82, 2.24) is 0 Å². The highest BCUT2D eigenvalue weighted by molar-refractivity contribution is 14.1. The molecule has 1 aromatic carbocycles. The Morgan fingerprint density at radius 3 is 3.00 bits per heavy atom. The Morgan fingerprint density at radius 2 is 2.20 bits per heavy atom. The van der Waals surface area contributed by atoms with E-state index in [0.29, 0.717) is 5.92 Å². The maximum absolute atomic E-state index is 5.44. The third-order valence-corrected chi connectivity index (χ3v) is 3.89. The number of fused-ring (bicyclic) bond motifs is 1. The Balaban J connectivity index is 2.19. The number of hydrogen-bond donors (Lipinski definition) is 0. The second kappa shape index (κ2) is 4.88. The van der Waals surface area contributed by atoms with E-state index >= 15 is 0 Å². The number of hydrogen-bond acceptors (Lipinski definition) is 2. The van der Waals surface area contributed by atoms with Gasteiger partial charge in [-0.25, -0.2) is 0 Å². The fraction of sp³-hybridized carbons (Fsp3) is 0.333. The summed E-state index contributed by atoms with van der Waals surface area (Å²) in [5, 5.41) is 0. The van der Waals surface area contributed by atoms with E-state index < -0.39 is 0 Å². The molecule has 1 aromatic rings. The fourth-order valence-electron chi connectivity index (χ4n) is 1.60. The summed E-state index contributed by atoms with van der Waals surface area (Å²) in [7, 11) is 0. The molecule has 1 atom stereocenters. The molecule has 1 aliphatic rings. The van der Waals surface area contributed by atoms with Crippen molar-refractivity contribution in [2.45, 2.75) is 6.92 Å². The molecular formula is C12H14INO. The van der Waals surface area contributed by atoms with E-state index in [9.17, 15) is 0 Å². The summed E-state index contributed by atoms with van der Waals surface area (Å²) < 4.78 is 6.62. The first kappa shape index (κ1) is 10.8. The van der Waals surface area contributed by atoms with E-state index in [1.54, 1.807) is 6.26 Å². The van der Waals surface area contributed by atoms with Crippen molar-refractivity contribution in [2.75, 3.05) is 15.9 Å². The van der Waals surface area contributed by atoms with Crippen LogP contribution >= 0.6 is 22.6 Å². The van der Waals surface area contributed by atoms with Crippen LogP contribution in [0.3, 0.4) is 0 Å². The van der Waals surface area contributed by atoms with E-state index in [4.69, 9.17) is 4.74 Å². The number of para-hydroxylation sites is 2. The normalized spacial score (nSPS) is 15.7. The van der Waals surface area contributed by atoms with Gasteiger partial charge in [0.2, 0.25) is 0 Å². The zero-order valence-electron chi connectivity index (χ0n) is 8.69. The average molecular weight is 315 g/mol. The molecule has 15 heavy (non-hydrogen) atoms. The molecule has 80 valence electrons. The van der Waals surface area contributed by atoms with Gasteiger partial charge in [-0.3, -0.25) is 0 Å². The minimum absolute atomic E-state index is 0.682. The Kier molecular flexibility index (Phi) is 3.51. The lowest BCUT2D eigenvalue weighted by molar-refractivity contribution is 0.466. The topological polar surface area (TPSA) is 12.5 Å². The van der Waals surface area contributed by atoms with Crippen molar-refractivity contribution in [3.05, 3.63) is 36.7 Å². The highest BCUT2D eigenvalue weighted by Crippen LogP contribution is 2.31. The standard InChI is InChI=1S/C12H14INO/c1-10(8-13)9-14-6-7-15-12-5-3-2-4-11(12)14/h2-7,10H,8-9H2,1H3. The maximum atomic E-state index is 5.44. The number of anilines is 1. The van der Waals surface area contributed by atoms with E-state index in [0.717, 1.165) is 18.0 Å². The molecule has 1 unspecified atom stereocenters. The van der Waals surface area contributed by atoms with E-state index in [1.807, 2.05) is 24.4 Å². The number of benzene rings is 1. The fourth-order valence-corrected chi connectivity index (χ4v) is 1.87. The van der Waals surface area contributed by atoms with Crippen LogP contribution in [0, 0.1) is 5.92 Å². The third-order valence-electron chi connectivity index (χ3n) is 2.38. The van der Waals surface area contributed by atoms with Gasteiger partial charge in [0.05, 0.1) is 5.69 Å². The molecule has 0 spiro atoms. The van der Waals surface area contributed by atoms with Gasteiger partial charge in [0.1, 0.15) is 12.0 Å². The smallest absolute Gasteiger partial charge is 0.150 e. The predicted octanol–water partition coefficient (Wildman–Crippen LogP) is 3.43. The van der Waals surface area contributed by atoms with Crippen LogP contribution in [-0.2, 0) is 0 Å². The highest BCUT2D eigenvalue weighted by atomic mass is 127. The summed E-state index contributed by atoms with van der Waals surface area (Å²) in [6.07, 6.45) is 3.76. The summed E-state index contributed by atoms with van der Waals surface area (Å²) >= 11 is 2.43. The molecule has 1 aliphatic heterocycles. The molecule has 1 heterocycles. The van der Waals surface area contributed by atoms with Crippen LogP contribution in [0.2, 0.25) is 0 Å². The number of halogens is 1. The number of rotatable bonds is 3. The first-order valence-electron chi connectivity index (χ1n) is 5.06. The molecule has 0 aromatic heterocycles. The minimum Gasteiger partial charge on any atom is -0.461 e. The van der Waals surface area contributed by atoms with Crippen LogP contribution in [0.1, 0.15) is 6.92 Å². The first-order chi connectivity index (χ1) is 7.31. The van der Waals surface area contributed by atoms with Crippen molar-refractivity contribution in [3.63, 3.8) is 0 Å². The van der Waals surface area contributed by atoms with Crippen LogP contribution in [-0.4, -0.2) is 11.0 Å². The molecule has 0 saturated heterocycles. The first-order valence-corrected chi connectivity index (χ1v) is 6.59. The lowest BCUT2D eigenvalue weighted by atomic mass is 10.2. The van der Waals surface area contributed by atoms with Crippen LogP contribution in [0.4, 0.5) is 5.69 Å². The Hall–Kier alpha value is -0.710. The molecule has 0 amide bonds. The highest BCUT2D eigenvalue weighted by Gasteiger charge is 2.15. The van der Waals surface area contributed by atoms with Gasteiger partial charge in [-0.1, -0.05) is 41.6 Å². The molecule has 0 bridgehead atoms. The van der Waals surface area contributed by atoms with Crippen molar-refractivity contribution in [3.8, 4) is 5.75 Å². The molecule has 0 N–H and O–H groups in total. The Labute approximate surface area is 104 Å². The van der Waals surface area contributed by atoms with Gasteiger partial charge in [0.25, 0.3) is 0 Å².